The number of amides is 1. The van der Waals surface area contributed by atoms with Gasteiger partial charge in [-0.05, 0) is 23.8 Å². The summed E-state index contributed by atoms with van der Waals surface area (Å²) in [6, 6.07) is 9.87. The summed E-state index contributed by atoms with van der Waals surface area (Å²) in [4.78, 5) is 23.2. The van der Waals surface area contributed by atoms with Crippen LogP contribution in [-0.2, 0) is 11.2 Å². The van der Waals surface area contributed by atoms with Gasteiger partial charge in [-0.3, -0.25) is 4.79 Å². The highest BCUT2D eigenvalue weighted by Crippen LogP contribution is 2.11. The largest absolute Gasteiger partial charge is 0.480 e. The molecule has 0 radical (unpaired) electrons. The molecule has 0 aliphatic carbocycles. The lowest BCUT2D eigenvalue weighted by atomic mass is 10.1. The van der Waals surface area contributed by atoms with Crippen molar-refractivity contribution in [1.29, 1.82) is 0 Å². The highest BCUT2D eigenvalue weighted by molar-refractivity contribution is 5.96. The van der Waals surface area contributed by atoms with Gasteiger partial charge in [-0.15, -0.1) is 0 Å². The minimum atomic E-state index is -1.26. The van der Waals surface area contributed by atoms with Crippen molar-refractivity contribution >= 4 is 11.9 Å². The SMILES string of the molecule is O=C(NC(Cc1ccccc1)C(=O)O)c1cc(F)ccc1F. The zero-order valence-corrected chi connectivity index (χ0v) is 11.4. The van der Waals surface area contributed by atoms with E-state index in [0.717, 1.165) is 18.2 Å². The third-order valence-electron chi connectivity index (χ3n) is 3.06. The average Bonchev–Trinajstić information content (AvgIpc) is 2.50. The topological polar surface area (TPSA) is 66.4 Å². The lowest BCUT2D eigenvalue weighted by Gasteiger charge is -2.15. The van der Waals surface area contributed by atoms with E-state index in [2.05, 4.69) is 5.32 Å². The second kappa shape index (κ2) is 6.80. The van der Waals surface area contributed by atoms with Gasteiger partial charge < -0.3 is 10.4 Å². The Morgan fingerprint density at radius 3 is 2.41 bits per heavy atom. The molecule has 1 atom stereocenters. The Balaban J connectivity index is 2.15. The Hall–Kier alpha value is -2.76. The van der Waals surface area contributed by atoms with Gasteiger partial charge in [-0.1, -0.05) is 30.3 Å². The number of carboxylic acid groups (broad SMARTS) is 1. The third kappa shape index (κ3) is 3.88. The van der Waals surface area contributed by atoms with Crippen LogP contribution >= 0.6 is 0 Å². The molecule has 2 aromatic rings. The summed E-state index contributed by atoms with van der Waals surface area (Å²) in [7, 11) is 0. The maximum atomic E-state index is 13.5. The molecular weight excluding hydrogens is 292 g/mol. The summed E-state index contributed by atoms with van der Waals surface area (Å²) in [5, 5.41) is 11.4. The number of nitrogens with one attached hydrogen (secondary N) is 1. The van der Waals surface area contributed by atoms with Gasteiger partial charge in [-0.2, -0.15) is 0 Å². The van der Waals surface area contributed by atoms with Crippen LogP contribution in [0.25, 0.3) is 0 Å². The number of carboxylic acids is 1. The van der Waals surface area contributed by atoms with E-state index >= 15 is 0 Å². The van der Waals surface area contributed by atoms with Crippen molar-refractivity contribution in [1.82, 2.24) is 5.32 Å². The normalized spacial score (nSPS) is 11.7. The van der Waals surface area contributed by atoms with Gasteiger partial charge in [0, 0.05) is 6.42 Å². The molecule has 0 aliphatic rings. The van der Waals surface area contributed by atoms with Crippen LogP contribution in [0.3, 0.4) is 0 Å². The summed E-state index contributed by atoms with van der Waals surface area (Å²) in [5.74, 6) is -3.92. The first-order valence-electron chi connectivity index (χ1n) is 6.50. The Kier molecular flexibility index (Phi) is 4.83. The fourth-order valence-electron chi connectivity index (χ4n) is 1.96. The molecule has 2 N–H and O–H groups in total. The number of carbonyl (C=O) groups excluding carboxylic acids is 1. The molecule has 0 saturated heterocycles. The first kappa shape index (κ1) is 15.6. The van der Waals surface area contributed by atoms with E-state index < -0.39 is 35.1 Å². The van der Waals surface area contributed by atoms with Crippen molar-refractivity contribution in [2.24, 2.45) is 0 Å². The van der Waals surface area contributed by atoms with Crippen molar-refractivity contribution < 1.29 is 23.5 Å². The van der Waals surface area contributed by atoms with Gasteiger partial charge >= 0.3 is 5.97 Å². The second-order valence-corrected chi connectivity index (χ2v) is 4.68. The van der Waals surface area contributed by atoms with Crippen molar-refractivity contribution in [3.63, 3.8) is 0 Å². The number of carbonyl (C=O) groups is 2. The van der Waals surface area contributed by atoms with E-state index in [1.54, 1.807) is 30.3 Å². The Morgan fingerprint density at radius 2 is 1.77 bits per heavy atom. The molecule has 0 heterocycles. The third-order valence-corrected chi connectivity index (χ3v) is 3.06. The lowest BCUT2D eigenvalue weighted by Crippen LogP contribution is -2.42. The molecule has 0 spiro atoms. The molecule has 0 bridgehead atoms. The highest BCUT2D eigenvalue weighted by Gasteiger charge is 2.22. The summed E-state index contributed by atoms with van der Waals surface area (Å²) < 4.78 is 26.6. The van der Waals surface area contributed by atoms with Gasteiger partial charge in [0.05, 0.1) is 5.56 Å². The monoisotopic (exact) mass is 305 g/mol. The molecule has 0 aliphatic heterocycles. The molecule has 1 unspecified atom stereocenters. The van der Waals surface area contributed by atoms with E-state index in [4.69, 9.17) is 0 Å². The van der Waals surface area contributed by atoms with E-state index in [1.165, 1.54) is 0 Å². The smallest absolute Gasteiger partial charge is 0.326 e. The van der Waals surface area contributed by atoms with Crippen LogP contribution in [0.4, 0.5) is 8.78 Å². The van der Waals surface area contributed by atoms with Crippen molar-refractivity contribution in [3.05, 3.63) is 71.3 Å². The predicted octanol–water partition coefficient (Wildman–Crippen LogP) is 2.39. The predicted molar refractivity (Wildman–Crippen MR) is 75.4 cm³/mol. The van der Waals surface area contributed by atoms with Crippen LogP contribution in [-0.4, -0.2) is 23.0 Å². The molecule has 0 fully saturated rings. The van der Waals surface area contributed by atoms with Crippen molar-refractivity contribution in [2.45, 2.75) is 12.5 Å². The molecule has 2 rings (SSSR count). The number of halogens is 2. The molecule has 0 aromatic heterocycles. The minimum absolute atomic E-state index is 0.0405. The minimum Gasteiger partial charge on any atom is -0.480 e. The zero-order valence-electron chi connectivity index (χ0n) is 11.4. The first-order valence-corrected chi connectivity index (χ1v) is 6.50. The van der Waals surface area contributed by atoms with Gasteiger partial charge in [0.15, 0.2) is 0 Å². The van der Waals surface area contributed by atoms with Crippen molar-refractivity contribution in [2.75, 3.05) is 0 Å². The molecule has 1 amide bonds. The van der Waals surface area contributed by atoms with E-state index in [9.17, 15) is 23.5 Å². The Bertz CT molecular complexity index is 689. The summed E-state index contributed by atoms with van der Waals surface area (Å²) >= 11 is 0. The van der Waals surface area contributed by atoms with Gasteiger partial charge in [0.2, 0.25) is 0 Å². The van der Waals surface area contributed by atoms with Crippen LogP contribution < -0.4 is 5.32 Å². The van der Waals surface area contributed by atoms with Gasteiger partial charge in [0.1, 0.15) is 17.7 Å². The average molecular weight is 305 g/mol. The zero-order chi connectivity index (χ0) is 16.1. The van der Waals surface area contributed by atoms with E-state index in [-0.39, 0.29) is 6.42 Å². The highest BCUT2D eigenvalue weighted by atomic mass is 19.1. The molecular formula is C16H13F2NO3. The van der Waals surface area contributed by atoms with Crippen LogP contribution in [0, 0.1) is 11.6 Å². The standard InChI is InChI=1S/C16H13F2NO3/c17-11-6-7-13(18)12(9-11)15(20)19-14(16(21)22)8-10-4-2-1-3-5-10/h1-7,9,14H,8H2,(H,19,20)(H,21,22). The quantitative estimate of drug-likeness (QED) is 0.891. The molecule has 22 heavy (non-hydrogen) atoms. The van der Waals surface area contributed by atoms with Gasteiger partial charge in [-0.25, -0.2) is 13.6 Å². The van der Waals surface area contributed by atoms with Crippen LogP contribution in [0.2, 0.25) is 0 Å². The maximum absolute atomic E-state index is 13.5. The van der Waals surface area contributed by atoms with Crippen LogP contribution in [0.15, 0.2) is 48.5 Å². The van der Waals surface area contributed by atoms with E-state index in [0.29, 0.717) is 5.56 Å². The number of aliphatic carboxylic acids is 1. The number of hydrogen-bond donors (Lipinski definition) is 2. The lowest BCUT2D eigenvalue weighted by molar-refractivity contribution is -0.139. The second-order valence-electron chi connectivity index (χ2n) is 4.68. The summed E-state index contributed by atoms with van der Waals surface area (Å²) in [6.07, 6.45) is 0.0405. The molecule has 2 aromatic carbocycles. The maximum Gasteiger partial charge on any atom is 0.326 e. The number of rotatable bonds is 5. The molecule has 6 heteroatoms. The number of benzene rings is 2. The first-order chi connectivity index (χ1) is 10.5. The molecule has 0 saturated carbocycles. The Morgan fingerprint density at radius 1 is 1.09 bits per heavy atom. The Labute approximate surface area is 125 Å². The van der Waals surface area contributed by atoms with Crippen LogP contribution in [0.1, 0.15) is 15.9 Å². The summed E-state index contributed by atoms with van der Waals surface area (Å²) in [6.45, 7) is 0. The fourth-order valence-corrected chi connectivity index (χ4v) is 1.96. The summed E-state index contributed by atoms with van der Waals surface area (Å²) in [5.41, 5.74) is 0.175. The van der Waals surface area contributed by atoms with Crippen LogP contribution in [0.5, 0.6) is 0 Å². The molecule has 4 nitrogen and oxygen atoms in total. The fraction of sp³-hybridized carbons (Fsp3) is 0.125. The van der Waals surface area contributed by atoms with Gasteiger partial charge in [0.25, 0.3) is 5.91 Å². The van der Waals surface area contributed by atoms with E-state index in [1.807, 2.05) is 0 Å². The number of hydrogen-bond acceptors (Lipinski definition) is 2. The van der Waals surface area contributed by atoms with Crippen molar-refractivity contribution in [3.8, 4) is 0 Å². The molecule has 114 valence electrons.